The summed E-state index contributed by atoms with van der Waals surface area (Å²) < 4.78 is 0. The normalized spacial score (nSPS) is 21.8. The van der Waals surface area contributed by atoms with Gasteiger partial charge in [-0.3, -0.25) is 0 Å². The monoisotopic (exact) mass is 244 g/mol. The van der Waals surface area contributed by atoms with Gasteiger partial charge < -0.3 is 5.11 Å². The number of phenols is 1. The van der Waals surface area contributed by atoms with Crippen molar-refractivity contribution in [2.24, 2.45) is 0 Å². The number of hydrogen-bond donors (Lipinski definition) is 1. The fourth-order valence-electron chi connectivity index (χ4n) is 4.07. The van der Waals surface area contributed by atoms with E-state index in [1.54, 1.807) is 0 Å². The van der Waals surface area contributed by atoms with Crippen molar-refractivity contribution in [1.82, 2.24) is 0 Å². The molecule has 2 saturated carbocycles. The van der Waals surface area contributed by atoms with Gasteiger partial charge in [0.1, 0.15) is 5.75 Å². The van der Waals surface area contributed by atoms with Crippen molar-refractivity contribution < 1.29 is 5.11 Å². The lowest BCUT2D eigenvalue weighted by molar-refractivity contribution is 0.471. The lowest BCUT2D eigenvalue weighted by Crippen LogP contribution is -2.03. The van der Waals surface area contributed by atoms with E-state index in [0.717, 1.165) is 0 Å². The van der Waals surface area contributed by atoms with Crippen LogP contribution in [-0.2, 0) is 0 Å². The summed E-state index contributed by atoms with van der Waals surface area (Å²) in [7, 11) is 0. The molecule has 0 amide bonds. The van der Waals surface area contributed by atoms with Crippen LogP contribution in [0.3, 0.4) is 0 Å². The maximum absolute atomic E-state index is 10.0. The number of benzene rings is 1. The van der Waals surface area contributed by atoms with Gasteiger partial charge in [-0.2, -0.15) is 0 Å². The van der Waals surface area contributed by atoms with Gasteiger partial charge in [-0.15, -0.1) is 0 Å². The Hall–Kier alpha value is -0.980. The van der Waals surface area contributed by atoms with Crippen LogP contribution in [0.15, 0.2) is 12.1 Å². The molecule has 1 aromatic carbocycles. The largest absolute Gasteiger partial charge is 0.508 e. The second-order valence-electron chi connectivity index (χ2n) is 6.21. The molecule has 3 rings (SSSR count). The zero-order valence-corrected chi connectivity index (χ0v) is 11.4. The lowest BCUT2D eigenvalue weighted by Gasteiger charge is -2.20. The Bertz CT molecular complexity index is 386. The van der Waals surface area contributed by atoms with E-state index in [9.17, 15) is 5.11 Å². The molecule has 0 aromatic heterocycles. The van der Waals surface area contributed by atoms with Crippen LogP contribution in [0.5, 0.6) is 5.75 Å². The highest BCUT2D eigenvalue weighted by atomic mass is 16.3. The van der Waals surface area contributed by atoms with Gasteiger partial charge in [0, 0.05) is 0 Å². The van der Waals surface area contributed by atoms with E-state index in [2.05, 4.69) is 6.92 Å². The zero-order valence-electron chi connectivity index (χ0n) is 11.4. The van der Waals surface area contributed by atoms with Crippen LogP contribution in [0.4, 0.5) is 0 Å². The summed E-state index contributed by atoms with van der Waals surface area (Å²) in [5, 5.41) is 10.0. The van der Waals surface area contributed by atoms with Crippen molar-refractivity contribution >= 4 is 0 Å². The molecule has 98 valence electrons. The molecule has 0 unspecified atom stereocenters. The molecule has 0 radical (unpaired) electrons. The van der Waals surface area contributed by atoms with Crippen LogP contribution >= 0.6 is 0 Å². The molecule has 18 heavy (non-hydrogen) atoms. The standard InChI is InChI=1S/C17H24O/c1-12-16(13-6-2-3-7-13)10-15(18)11-17(12)14-8-4-5-9-14/h10-11,13-14,18H,2-9H2,1H3. The van der Waals surface area contributed by atoms with E-state index in [0.29, 0.717) is 17.6 Å². The van der Waals surface area contributed by atoms with Crippen molar-refractivity contribution in [3.63, 3.8) is 0 Å². The van der Waals surface area contributed by atoms with E-state index < -0.39 is 0 Å². The summed E-state index contributed by atoms with van der Waals surface area (Å²) in [6.45, 7) is 2.28. The van der Waals surface area contributed by atoms with E-state index in [1.165, 1.54) is 68.1 Å². The van der Waals surface area contributed by atoms with E-state index >= 15 is 0 Å². The first-order chi connectivity index (χ1) is 8.75. The summed E-state index contributed by atoms with van der Waals surface area (Å²) in [5.74, 6) is 1.90. The van der Waals surface area contributed by atoms with Gasteiger partial charge in [0.15, 0.2) is 0 Å². The summed E-state index contributed by atoms with van der Waals surface area (Å²) in [6.07, 6.45) is 10.7. The highest BCUT2D eigenvalue weighted by Gasteiger charge is 2.24. The van der Waals surface area contributed by atoms with Gasteiger partial charge in [-0.25, -0.2) is 0 Å². The highest BCUT2D eigenvalue weighted by Crippen LogP contribution is 2.42. The Morgan fingerprint density at radius 3 is 1.61 bits per heavy atom. The molecule has 1 nitrogen and oxygen atoms in total. The first-order valence-electron chi connectivity index (χ1n) is 7.59. The van der Waals surface area contributed by atoms with Gasteiger partial charge >= 0.3 is 0 Å². The average molecular weight is 244 g/mol. The van der Waals surface area contributed by atoms with Gasteiger partial charge in [0.25, 0.3) is 0 Å². The quantitative estimate of drug-likeness (QED) is 0.774. The Morgan fingerprint density at radius 1 is 0.833 bits per heavy atom. The summed E-state index contributed by atoms with van der Waals surface area (Å²) in [4.78, 5) is 0. The molecule has 0 heterocycles. The molecule has 1 aromatic rings. The van der Waals surface area contributed by atoms with Crippen LogP contribution in [0, 0.1) is 6.92 Å². The zero-order chi connectivity index (χ0) is 12.5. The fourth-order valence-corrected chi connectivity index (χ4v) is 4.07. The van der Waals surface area contributed by atoms with E-state index in [4.69, 9.17) is 0 Å². The summed E-state index contributed by atoms with van der Waals surface area (Å²) >= 11 is 0. The smallest absolute Gasteiger partial charge is 0.116 e. The first-order valence-corrected chi connectivity index (χ1v) is 7.59. The lowest BCUT2D eigenvalue weighted by atomic mass is 9.85. The summed E-state index contributed by atoms with van der Waals surface area (Å²) in [5.41, 5.74) is 4.36. The minimum absolute atomic E-state index is 0.490. The third kappa shape index (κ3) is 2.15. The third-order valence-corrected chi connectivity index (χ3v) is 5.06. The van der Waals surface area contributed by atoms with Crippen LogP contribution < -0.4 is 0 Å². The maximum atomic E-state index is 10.0. The molecule has 2 aliphatic carbocycles. The van der Waals surface area contributed by atoms with Crippen LogP contribution in [0.1, 0.15) is 79.9 Å². The third-order valence-electron chi connectivity index (χ3n) is 5.06. The number of phenolic OH excluding ortho intramolecular Hbond substituents is 1. The molecule has 1 N–H and O–H groups in total. The molecular weight excluding hydrogens is 220 g/mol. The van der Waals surface area contributed by atoms with Gasteiger partial charge in [0.05, 0.1) is 0 Å². The van der Waals surface area contributed by atoms with Crippen LogP contribution in [-0.4, -0.2) is 5.11 Å². The second-order valence-corrected chi connectivity index (χ2v) is 6.21. The average Bonchev–Trinajstić information content (AvgIpc) is 3.02. The summed E-state index contributed by atoms with van der Waals surface area (Å²) in [6, 6.07) is 4.06. The van der Waals surface area contributed by atoms with Crippen molar-refractivity contribution in [2.75, 3.05) is 0 Å². The van der Waals surface area contributed by atoms with Gasteiger partial charge in [0.2, 0.25) is 0 Å². The highest BCUT2D eigenvalue weighted by molar-refractivity contribution is 5.45. The van der Waals surface area contributed by atoms with E-state index in [1.807, 2.05) is 12.1 Å². The second kappa shape index (κ2) is 4.95. The van der Waals surface area contributed by atoms with Gasteiger partial charge in [-0.1, -0.05) is 25.7 Å². The molecule has 2 fully saturated rings. The van der Waals surface area contributed by atoms with Crippen LogP contribution in [0.2, 0.25) is 0 Å². The Labute approximate surface area is 110 Å². The molecule has 0 saturated heterocycles. The maximum Gasteiger partial charge on any atom is 0.116 e. The predicted molar refractivity (Wildman–Crippen MR) is 75.3 cm³/mol. The minimum atomic E-state index is 0.490. The molecule has 0 atom stereocenters. The molecule has 0 spiro atoms. The number of rotatable bonds is 2. The molecular formula is C17H24O. The van der Waals surface area contributed by atoms with E-state index in [-0.39, 0.29) is 0 Å². The minimum Gasteiger partial charge on any atom is -0.508 e. The SMILES string of the molecule is Cc1c(C2CCCC2)cc(O)cc1C1CCCC1. The fraction of sp³-hybridized carbons (Fsp3) is 0.647. The number of aromatic hydroxyl groups is 1. The molecule has 0 bridgehead atoms. The van der Waals surface area contributed by atoms with Crippen molar-refractivity contribution in [3.05, 3.63) is 28.8 Å². The van der Waals surface area contributed by atoms with Crippen LogP contribution in [0.25, 0.3) is 0 Å². The number of hydrogen-bond acceptors (Lipinski definition) is 1. The van der Waals surface area contributed by atoms with Crippen molar-refractivity contribution in [2.45, 2.75) is 70.1 Å². The predicted octanol–water partition coefficient (Wildman–Crippen LogP) is 5.02. The molecule has 2 aliphatic rings. The van der Waals surface area contributed by atoms with Crippen molar-refractivity contribution in [3.8, 4) is 5.75 Å². The Morgan fingerprint density at radius 2 is 1.22 bits per heavy atom. The first kappa shape index (κ1) is 12.1. The Kier molecular flexibility index (Phi) is 3.32. The Balaban J connectivity index is 1.98. The van der Waals surface area contributed by atoms with Gasteiger partial charge in [-0.05, 0) is 73.3 Å². The molecule has 1 heteroatoms. The van der Waals surface area contributed by atoms with Crippen molar-refractivity contribution in [1.29, 1.82) is 0 Å². The topological polar surface area (TPSA) is 20.2 Å². The molecule has 0 aliphatic heterocycles.